The van der Waals surface area contributed by atoms with Gasteiger partial charge in [0.15, 0.2) is 5.58 Å². The minimum absolute atomic E-state index is 0.610. The molecule has 102 valence electrons. The zero-order valence-corrected chi connectivity index (χ0v) is 11.6. The summed E-state index contributed by atoms with van der Waals surface area (Å²) in [4.78, 5) is 6.60. The molecule has 3 aromatic rings. The van der Waals surface area contributed by atoms with Gasteiger partial charge in [0, 0.05) is 12.7 Å². The number of para-hydroxylation sites is 2. The molecule has 20 heavy (non-hydrogen) atoms. The van der Waals surface area contributed by atoms with Crippen molar-refractivity contribution in [1.29, 1.82) is 0 Å². The fraction of sp³-hybridized carbons (Fsp3) is 0.188. The van der Waals surface area contributed by atoms with E-state index in [2.05, 4.69) is 28.9 Å². The van der Waals surface area contributed by atoms with Crippen LogP contribution in [0.15, 0.2) is 46.9 Å². The van der Waals surface area contributed by atoms with Crippen LogP contribution in [-0.4, -0.2) is 12.0 Å². The number of hydrogen-bond donors (Lipinski definition) is 1. The second-order valence-electron chi connectivity index (χ2n) is 4.94. The first kappa shape index (κ1) is 12.5. The van der Waals surface area contributed by atoms with Crippen LogP contribution >= 0.6 is 0 Å². The number of nitrogens with two attached hydrogens (primary N) is 1. The Balaban J connectivity index is 1.90. The van der Waals surface area contributed by atoms with Gasteiger partial charge in [-0.05, 0) is 30.7 Å². The average molecular weight is 267 g/mol. The van der Waals surface area contributed by atoms with Gasteiger partial charge in [-0.1, -0.05) is 24.3 Å². The average Bonchev–Trinajstić information content (AvgIpc) is 2.83. The van der Waals surface area contributed by atoms with Gasteiger partial charge >= 0.3 is 0 Å². The summed E-state index contributed by atoms with van der Waals surface area (Å²) in [6.45, 7) is 2.70. The molecule has 0 unspecified atom stereocenters. The van der Waals surface area contributed by atoms with Crippen LogP contribution in [0.5, 0.6) is 0 Å². The first-order valence-corrected chi connectivity index (χ1v) is 6.56. The molecule has 1 heterocycles. The standard InChI is InChI=1S/C16H17N3O/c1-11-6-3-4-8-13(11)19(2)10-15-18-16-12(17)7-5-9-14(16)20-15/h3-9H,10,17H2,1-2H3. The first-order chi connectivity index (χ1) is 9.65. The molecule has 0 bridgehead atoms. The summed E-state index contributed by atoms with van der Waals surface area (Å²) >= 11 is 0. The van der Waals surface area contributed by atoms with E-state index in [9.17, 15) is 0 Å². The van der Waals surface area contributed by atoms with E-state index in [0.29, 0.717) is 18.1 Å². The van der Waals surface area contributed by atoms with Gasteiger partial charge in [0.2, 0.25) is 5.89 Å². The lowest BCUT2D eigenvalue weighted by Crippen LogP contribution is -2.17. The van der Waals surface area contributed by atoms with E-state index in [1.807, 2.05) is 37.4 Å². The van der Waals surface area contributed by atoms with Crippen molar-refractivity contribution in [2.45, 2.75) is 13.5 Å². The third kappa shape index (κ3) is 2.20. The van der Waals surface area contributed by atoms with Crippen molar-refractivity contribution in [2.24, 2.45) is 0 Å². The first-order valence-electron chi connectivity index (χ1n) is 6.56. The quantitative estimate of drug-likeness (QED) is 0.739. The van der Waals surface area contributed by atoms with Crippen molar-refractivity contribution in [3.63, 3.8) is 0 Å². The van der Waals surface area contributed by atoms with Crippen LogP contribution in [0.25, 0.3) is 11.1 Å². The number of nitrogen functional groups attached to an aromatic ring is 1. The van der Waals surface area contributed by atoms with Gasteiger partial charge < -0.3 is 15.1 Å². The summed E-state index contributed by atoms with van der Waals surface area (Å²) in [5.41, 5.74) is 10.4. The van der Waals surface area contributed by atoms with Crippen LogP contribution in [0, 0.1) is 6.92 Å². The summed E-state index contributed by atoms with van der Waals surface area (Å²) in [6.07, 6.45) is 0. The molecule has 0 amide bonds. The van der Waals surface area contributed by atoms with Crippen molar-refractivity contribution in [1.82, 2.24) is 4.98 Å². The topological polar surface area (TPSA) is 55.3 Å². The molecule has 0 radical (unpaired) electrons. The fourth-order valence-electron chi connectivity index (χ4n) is 2.36. The number of hydrogen-bond acceptors (Lipinski definition) is 4. The normalized spacial score (nSPS) is 10.9. The minimum Gasteiger partial charge on any atom is -0.439 e. The lowest BCUT2D eigenvalue weighted by molar-refractivity contribution is 0.527. The van der Waals surface area contributed by atoms with E-state index in [0.717, 1.165) is 11.1 Å². The Morgan fingerprint density at radius 2 is 1.95 bits per heavy atom. The Morgan fingerprint density at radius 3 is 2.70 bits per heavy atom. The van der Waals surface area contributed by atoms with Crippen LogP contribution in [-0.2, 0) is 6.54 Å². The summed E-state index contributed by atoms with van der Waals surface area (Å²) in [5, 5.41) is 0. The predicted octanol–water partition coefficient (Wildman–Crippen LogP) is 3.35. The van der Waals surface area contributed by atoms with E-state index in [4.69, 9.17) is 10.2 Å². The molecule has 0 saturated carbocycles. The van der Waals surface area contributed by atoms with Crippen LogP contribution in [0.2, 0.25) is 0 Å². The number of rotatable bonds is 3. The summed E-state index contributed by atoms with van der Waals surface area (Å²) in [5.74, 6) is 0.670. The van der Waals surface area contributed by atoms with Gasteiger partial charge in [0.1, 0.15) is 5.52 Å². The number of benzene rings is 2. The number of aromatic nitrogens is 1. The summed E-state index contributed by atoms with van der Waals surface area (Å²) in [6, 6.07) is 13.8. The molecule has 0 aliphatic carbocycles. The fourth-order valence-corrected chi connectivity index (χ4v) is 2.36. The van der Waals surface area contributed by atoms with Gasteiger partial charge in [-0.3, -0.25) is 0 Å². The van der Waals surface area contributed by atoms with Crippen LogP contribution < -0.4 is 10.6 Å². The molecule has 0 atom stereocenters. The molecule has 3 rings (SSSR count). The Hall–Kier alpha value is -2.49. The molecule has 2 aromatic carbocycles. The van der Waals surface area contributed by atoms with Gasteiger partial charge in [-0.25, -0.2) is 4.98 Å². The molecule has 0 fully saturated rings. The lowest BCUT2D eigenvalue weighted by Gasteiger charge is -2.19. The zero-order chi connectivity index (χ0) is 14.1. The molecular formula is C16H17N3O. The zero-order valence-electron chi connectivity index (χ0n) is 11.6. The van der Waals surface area contributed by atoms with Crippen LogP contribution in [0.3, 0.4) is 0 Å². The molecule has 0 spiro atoms. The number of fused-ring (bicyclic) bond motifs is 1. The minimum atomic E-state index is 0.610. The number of oxazole rings is 1. The monoisotopic (exact) mass is 267 g/mol. The maximum Gasteiger partial charge on any atom is 0.215 e. The maximum absolute atomic E-state index is 5.90. The van der Waals surface area contributed by atoms with E-state index in [1.165, 1.54) is 11.3 Å². The van der Waals surface area contributed by atoms with Crippen molar-refractivity contribution in [3.8, 4) is 0 Å². The molecule has 0 aliphatic rings. The van der Waals surface area contributed by atoms with Gasteiger partial charge in [0.05, 0.1) is 12.2 Å². The predicted molar refractivity (Wildman–Crippen MR) is 81.7 cm³/mol. The van der Waals surface area contributed by atoms with E-state index in [1.54, 1.807) is 0 Å². The third-order valence-electron chi connectivity index (χ3n) is 3.39. The molecule has 2 N–H and O–H groups in total. The van der Waals surface area contributed by atoms with Gasteiger partial charge in [0.25, 0.3) is 0 Å². The van der Waals surface area contributed by atoms with E-state index < -0.39 is 0 Å². The number of nitrogens with zero attached hydrogens (tertiary/aromatic N) is 2. The second-order valence-corrected chi connectivity index (χ2v) is 4.94. The van der Waals surface area contributed by atoms with E-state index >= 15 is 0 Å². The van der Waals surface area contributed by atoms with Crippen LogP contribution in [0.4, 0.5) is 11.4 Å². The maximum atomic E-state index is 5.90. The molecular weight excluding hydrogens is 250 g/mol. The van der Waals surface area contributed by atoms with Crippen molar-refractivity contribution in [2.75, 3.05) is 17.7 Å². The molecule has 4 heteroatoms. The number of aryl methyl sites for hydroxylation is 1. The summed E-state index contributed by atoms with van der Waals surface area (Å²) in [7, 11) is 2.03. The highest BCUT2D eigenvalue weighted by Crippen LogP contribution is 2.24. The highest BCUT2D eigenvalue weighted by atomic mass is 16.3. The van der Waals surface area contributed by atoms with Crippen molar-refractivity contribution < 1.29 is 4.42 Å². The smallest absolute Gasteiger partial charge is 0.215 e. The van der Waals surface area contributed by atoms with E-state index in [-0.39, 0.29) is 0 Å². The Bertz CT molecular complexity index is 748. The highest BCUT2D eigenvalue weighted by Gasteiger charge is 2.11. The molecule has 1 aromatic heterocycles. The second kappa shape index (κ2) is 4.89. The summed E-state index contributed by atoms with van der Waals surface area (Å²) < 4.78 is 5.75. The molecule has 0 saturated heterocycles. The Morgan fingerprint density at radius 1 is 1.15 bits per heavy atom. The highest BCUT2D eigenvalue weighted by molar-refractivity contribution is 5.85. The molecule has 0 aliphatic heterocycles. The van der Waals surface area contributed by atoms with Crippen molar-refractivity contribution >= 4 is 22.5 Å². The van der Waals surface area contributed by atoms with Gasteiger partial charge in [-0.2, -0.15) is 0 Å². The SMILES string of the molecule is Cc1ccccc1N(C)Cc1nc2c(N)cccc2o1. The Labute approximate surface area is 117 Å². The van der Waals surface area contributed by atoms with Crippen molar-refractivity contribution in [3.05, 3.63) is 53.9 Å². The lowest BCUT2D eigenvalue weighted by atomic mass is 10.2. The van der Waals surface area contributed by atoms with Gasteiger partial charge in [-0.15, -0.1) is 0 Å². The molecule has 4 nitrogen and oxygen atoms in total. The third-order valence-corrected chi connectivity index (χ3v) is 3.39. The Kier molecular flexibility index (Phi) is 3.06. The van der Waals surface area contributed by atoms with Crippen LogP contribution in [0.1, 0.15) is 11.5 Å². The number of anilines is 2. The largest absolute Gasteiger partial charge is 0.439 e.